The highest BCUT2D eigenvalue weighted by atomic mass is 14.9. The predicted octanol–water partition coefficient (Wildman–Crippen LogP) is 3.40. The second-order valence-electron chi connectivity index (χ2n) is 4.20. The Morgan fingerprint density at radius 2 is 2.06 bits per heavy atom. The van der Waals surface area contributed by atoms with Gasteiger partial charge in [0.25, 0.3) is 0 Å². The number of hydrogen-bond donors (Lipinski definition) is 1. The molecule has 0 radical (unpaired) electrons. The topological polar surface area (TPSA) is 12.0 Å². The Labute approximate surface area is 97.9 Å². The summed E-state index contributed by atoms with van der Waals surface area (Å²) in [5, 5.41) is 3.55. The lowest BCUT2D eigenvalue weighted by atomic mass is 10.0. The fraction of sp³-hybridized carbons (Fsp3) is 0.333. The molecular formula is C15H19N. The van der Waals surface area contributed by atoms with Gasteiger partial charge in [-0.3, -0.25) is 0 Å². The molecule has 2 rings (SSSR count). The fourth-order valence-electron chi connectivity index (χ4n) is 1.97. The maximum Gasteiger partial charge on any atom is 0.0140 e. The third-order valence-corrected chi connectivity index (χ3v) is 2.90. The van der Waals surface area contributed by atoms with Gasteiger partial charge in [-0.1, -0.05) is 54.6 Å². The second kappa shape index (κ2) is 6.29. The van der Waals surface area contributed by atoms with Gasteiger partial charge < -0.3 is 5.32 Å². The smallest absolute Gasteiger partial charge is 0.0140 e. The number of rotatable bonds is 4. The molecule has 1 atom stereocenters. The van der Waals surface area contributed by atoms with Crippen LogP contribution < -0.4 is 5.32 Å². The predicted molar refractivity (Wildman–Crippen MR) is 70.3 cm³/mol. The Morgan fingerprint density at radius 3 is 2.81 bits per heavy atom. The minimum Gasteiger partial charge on any atom is -0.310 e. The zero-order chi connectivity index (χ0) is 11.1. The molecule has 1 heteroatoms. The second-order valence-corrected chi connectivity index (χ2v) is 4.20. The van der Waals surface area contributed by atoms with Crippen molar-refractivity contribution in [3.8, 4) is 0 Å². The molecule has 84 valence electrons. The lowest BCUT2D eigenvalue weighted by Crippen LogP contribution is -2.29. The molecule has 1 nitrogen and oxygen atoms in total. The van der Waals surface area contributed by atoms with Crippen LogP contribution in [0.15, 0.2) is 48.6 Å². The van der Waals surface area contributed by atoms with E-state index in [1.807, 2.05) is 6.07 Å². The largest absolute Gasteiger partial charge is 0.310 e. The van der Waals surface area contributed by atoms with Crippen LogP contribution in [0.4, 0.5) is 0 Å². The van der Waals surface area contributed by atoms with E-state index in [-0.39, 0.29) is 0 Å². The Morgan fingerprint density at radius 1 is 1.19 bits per heavy atom. The average molecular weight is 213 g/mol. The molecule has 0 heterocycles. The molecule has 1 aliphatic rings. The van der Waals surface area contributed by atoms with E-state index < -0.39 is 0 Å². The molecular weight excluding hydrogens is 194 g/mol. The summed E-state index contributed by atoms with van der Waals surface area (Å²) in [6.07, 6.45) is 12.6. The van der Waals surface area contributed by atoms with E-state index in [0.717, 1.165) is 6.54 Å². The van der Waals surface area contributed by atoms with Gasteiger partial charge in [-0.25, -0.2) is 0 Å². The SMILES string of the molecule is C1=CCC(NCC=Cc2ccccc2)CC1. The summed E-state index contributed by atoms with van der Waals surface area (Å²) in [6, 6.07) is 11.1. The van der Waals surface area contributed by atoms with Gasteiger partial charge in [0.1, 0.15) is 0 Å². The number of allylic oxidation sites excluding steroid dienone is 1. The van der Waals surface area contributed by atoms with Gasteiger partial charge in [-0.05, 0) is 24.8 Å². The van der Waals surface area contributed by atoms with Crippen LogP contribution in [-0.4, -0.2) is 12.6 Å². The van der Waals surface area contributed by atoms with Crippen LogP contribution >= 0.6 is 0 Å². The van der Waals surface area contributed by atoms with Gasteiger partial charge in [-0.15, -0.1) is 0 Å². The van der Waals surface area contributed by atoms with Crippen LogP contribution in [0.2, 0.25) is 0 Å². The Hall–Kier alpha value is -1.34. The standard InChI is InChI=1S/C15H19N/c1-3-8-14(9-4-1)10-7-13-16-15-11-5-2-6-12-15/h1-5,7-10,15-16H,6,11-13H2. The molecule has 0 saturated carbocycles. The molecule has 0 aromatic heterocycles. The van der Waals surface area contributed by atoms with E-state index in [1.165, 1.54) is 24.8 Å². The summed E-state index contributed by atoms with van der Waals surface area (Å²) in [4.78, 5) is 0. The normalized spacial score (nSPS) is 20.4. The van der Waals surface area contributed by atoms with Crippen LogP contribution in [0, 0.1) is 0 Å². The van der Waals surface area contributed by atoms with Crippen molar-refractivity contribution in [3.05, 3.63) is 54.1 Å². The quantitative estimate of drug-likeness (QED) is 0.756. The van der Waals surface area contributed by atoms with E-state index in [2.05, 4.69) is 53.9 Å². The van der Waals surface area contributed by atoms with Crippen molar-refractivity contribution in [2.75, 3.05) is 6.54 Å². The highest BCUT2D eigenvalue weighted by Crippen LogP contribution is 2.10. The number of benzene rings is 1. The molecule has 0 bridgehead atoms. The third-order valence-electron chi connectivity index (χ3n) is 2.90. The Kier molecular flexibility index (Phi) is 4.38. The molecule has 0 saturated heterocycles. The van der Waals surface area contributed by atoms with Crippen LogP contribution in [-0.2, 0) is 0 Å². The maximum atomic E-state index is 3.55. The van der Waals surface area contributed by atoms with Crippen molar-refractivity contribution in [3.63, 3.8) is 0 Å². The van der Waals surface area contributed by atoms with Crippen molar-refractivity contribution in [1.82, 2.24) is 5.32 Å². The fourth-order valence-corrected chi connectivity index (χ4v) is 1.97. The van der Waals surface area contributed by atoms with Crippen molar-refractivity contribution in [2.45, 2.75) is 25.3 Å². The van der Waals surface area contributed by atoms with Crippen molar-refractivity contribution in [2.24, 2.45) is 0 Å². The molecule has 0 spiro atoms. The summed E-state index contributed by atoms with van der Waals surface area (Å²) in [5.74, 6) is 0. The van der Waals surface area contributed by atoms with E-state index in [4.69, 9.17) is 0 Å². The summed E-state index contributed by atoms with van der Waals surface area (Å²) >= 11 is 0. The molecule has 16 heavy (non-hydrogen) atoms. The van der Waals surface area contributed by atoms with Crippen LogP contribution in [0.1, 0.15) is 24.8 Å². The molecule has 1 unspecified atom stereocenters. The lowest BCUT2D eigenvalue weighted by molar-refractivity contribution is 0.499. The molecule has 1 aliphatic carbocycles. The summed E-state index contributed by atoms with van der Waals surface area (Å²) in [7, 11) is 0. The van der Waals surface area contributed by atoms with E-state index in [1.54, 1.807) is 0 Å². The van der Waals surface area contributed by atoms with Gasteiger partial charge >= 0.3 is 0 Å². The summed E-state index contributed by atoms with van der Waals surface area (Å²) in [5.41, 5.74) is 1.27. The molecule has 0 aliphatic heterocycles. The van der Waals surface area contributed by atoms with Gasteiger partial charge in [0.15, 0.2) is 0 Å². The molecule has 1 aromatic rings. The zero-order valence-electron chi connectivity index (χ0n) is 9.60. The minimum atomic E-state index is 0.672. The Balaban J connectivity index is 1.71. The third kappa shape index (κ3) is 3.67. The van der Waals surface area contributed by atoms with E-state index in [9.17, 15) is 0 Å². The van der Waals surface area contributed by atoms with E-state index in [0.29, 0.717) is 6.04 Å². The van der Waals surface area contributed by atoms with Crippen LogP contribution in [0.5, 0.6) is 0 Å². The van der Waals surface area contributed by atoms with Gasteiger partial charge in [0.05, 0.1) is 0 Å². The summed E-state index contributed by atoms with van der Waals surface area (Å²) < 4.78 is 0. The molecule has 1 aromatic carbocycles. The van der Waals surface area contributed by atoms with Gasteiger partial charge in [0.2, 0.25) is 0 Å². The Bertz CT molecular complexity index is 351. The maximum absolute atomic E-state index is 3.55. The van der Waals surface area contributed by atoms with E-state index >= 15 is 0 Å². The first-order chi connectivity index (χ1) is 7.95. The zero-order valence-corrected chi connectivity index (χ0v) is 9.60. The first-order valence-corrected chi connectivity index (χ1v) is 6.05. The highest BCUT2D eigenvalue weighted by Gasteiger charge is 2.06. The molecule has 0 fully saturated rings. The number of hydrogen-bond acceptors (Lipinski definition) is 1. The first kappa shape index (κ1) is 11.2. The molecule has 1 N–H and O–H groups in total. The van der Waals surface area contributed by atoms with Crippen LogP contribution in [0.25, 0.3) is 6.08 Å². The monoisotopic (exact) mass is 213 g/mol. The highest BCUT2D eigenvalue weighted by molar-refractivity contribution is 5.48. The number of nitrogens with one attached hydrogen (secondary N) is 1. The van der Waals surface area contributed by atoms with Crippen molar-refractivity contribution in [1.29, 1.82) is 0 Å². The van der Waals surface area contributed by atoms with Crippen LogP contribution in [0.3, 0.4) is 0 Å². The summed E-state index contributed by atoms with van der Waals surface area (Å²) in [6.45, 7) is 0.966. The minimum absolute atomic E-state index is 0.672. The van der Waals surface area contributed by atoms with Crippen molar-refractivity contribution < 1.29 is 0 Å². The van der Waals surface area contributed by atoms with Gasteiger partial charge in [0, 0.05) is 12.6 Å². The average Bonchev–Trinajstić information content (AvgIpc) is 2.37. The van der Waals surface area contributed by atoms with Crippen molar-refractivity contribution >= 4 is 6.08 Å². The lowest BCUT2D eigenvalue weighted by Gasteiger charge is -2.18. The van der Waals surface area contributed by atoms with Gasteiger partial charge in [-0.2, -0.15) is 0 Å². The first-order valence-electron chi connectivity index (χ1n) is 6.05. The molecule has 0 amide bonds.